The molecule has 35 heavy (non-hydrogen) atoms. The van der Waals surface area contributed by atoms with Crippen molar-refractivity contribution < 1.29 is 23.1 Å². The van der Waals surface area contributed by atoms with E-state index in [9.17, 15) is 23.1 Å². The highest BCUT2D eigenvalue weighted by atomic mass is 19.4. The predicted molar refractivity (Wildman–Crippen MR) is 125 cm³/mol. The van der Waals surface area contributed by atoms with Crippen LogP contribution in [0.3, 0.4) is 0 Å². The molecule has 180 valence electrons. The average Bonchev–Trinajstić information content (AvgIpc) is 3.24. The van der Waals surface area contributed by atoms with Gasteiger partial charge in [-0.2, -0.15) is 23.0 Å². The number of nitrogens with zero attached hydrogens (tertiary/aromatic N) is 4. The molecule has 0 aliphatic carbocycles. The summed E-state index contributed by atoms with van der Waals surface area (Å²) in [4.78, 5) is 20.7. The van der Waals surface area contributed by atoms with Gasteiger partial charge in [-0.05, 0) is 50.1 Å². The number of hydrogen-bond donors (Lipinski definition) is 2. The molecule has 0 saturated heterocycles. The number of nitrogens with one attached hydrogen (secondary N) is 1. The second kappa shape index (κ2) is 9.21. The van der Waals surface area contributed by atoms with E-state index in [1.54, 1.807) is 44.3 Å². The van der Waals surface area contributed by atoms with Gasteiger partial charge < -0.3 is 10.4 Å². The minimum absolute atomic E-state index is 0.0600. The first-order valence-electron chi connectivity index (χ1n) is 10.8. The summed E-state index contributed by atoms with van der Waals surface area (Å²) in [5.74, 6) is -0.418. The van der Waals surface area contributed by atoms with Crippen molar-refractivity contribution in [3.8, 4) is 17.1 Å². The summed E-state index contributed by atoms with van der Waals surface area (Å²) < 4.78 is 41.3. The first kappa shape index (κ1) is 23.9. The first-order chi connectivity index (χ1) is 16.6. The summed E-state index contributed by atoms with van der Waals surface area (Å²) in [5, 5.41) is 17.3. The number of aromatic carboxylic acids is 1. The number of benzene rings is 2. The van der Waals surface area contributed by atoms with Gasteiger partial charge in [0.05, 0.1) is 33.9 Å². The van der Waals surface area contributed by atoms with E-state index >= 15 is 0 Å². The largest absolute Gasteiger partial charge is 0.478 e. The molecule has 2 aromatic heterocycles. The van der Waals surface area contributed by atoms with Gasteiger partial charge in [0.25, 0.3) is 0 Å². The monoisotopic (exact) mass is 481 g/mol. The number of anilines is 2. The Labute approximate surface area is 199 Å². The lowest BCUT2D eigenvalue weighted by atomic mass is 10.1. The molecule has 2 aromatic carbocycles. The van der Waals surface area contributed by atoms with Crippen LogP contribution in [0.25, 0.3) is 17.1 Å². The SMILES string of the molecule is CCc1ccc(Nc2cc(-c3cccc(C(F)(F)F)c3)nn2-c2nc(C)cnc2C)c(C(=O)O)c1. The Hall–Kier alpha value is -4.21. The molecule has 0 atom stereocenters. The Morgan fingerprint density at radius 2 is 1.89 bits per heavy atom. The highest BCUT2D eigenvalue weighted by Crippen LogP contribution is 2.34. The van der Waals surface area contributed by atoms with Gasteiger partial charge in [0.15, 0.2) is 5.82 Å². The van der Waals surface area contributed by atoms with E-state index < -0.39 is 17.7 Å². The molecule has 0 aliphatic rings. The maximum Gasteiger partial charge on any atom is 0.416 e. The molecule has 4 aromatic rings. The normalized spacial score (nSPS) is 11.5. The molecule has 0 spiro atoms. The second-order valence-electron chi connectivity index (χ2n) is 7.99. The van der Waals surface area contributed by atoms with Gasteiger partial charge in [0.1, 0.15) is 5.82 Å². The summed E-state index contributed by atoms with van der Waals surface area (Å²) in [6.07, 6.45) is -2.25. The topological polar surface area (TPSA) is 92.9 Å². The van der Waals surface area contributed by atoms with Gasteiger partial charge >= 0.3 is 12.1 Å². The van der Waals surface area contributed by atoms with Crippen molar-refractivity contribution in [1.29, 1.82) is 0 Å². The van der Waals surface area contributed by atoms with Crippen molar-refractivity contribution in [3.05, 3.63) is 82.8 Å². The third-order valence-electron chi connectivity index (χ3n) is 5.43. The van der Waals surface area contributed by atoms with Gasteiger partial charge in [-0.1, -0.05) is 25.1 Å². The summed E-state index contributed by atoms with van der Waals surface area (Å²) in [6, 6.07) is 11.4. The average molecular weight is 481 g/mol. The summed E-state index contributed by atoms with van der Waals surface area (Å²) in [7, 11) is 0. The minimum Gasteiger partial charge on any atom is -0.478 e. The van der Waals surface area contributed by atoms with Crippen molar-refractivity contribution in [2.45, 2.75) is 33.4 Å². The lowest BCUT2D eigenvalue weighted by Crippen LogP contribution is -2.10. The lowest BCUT2D eigenvalue weighted by molar-refractivity contribution is -0.137. The molecule has 0 bridgehead atoms. The highest BCUT2D eigenvalue weighted by molar-refractivity contribution is 5.95. The van der Waals surface area contributed by atoms with E-state index in [2.05, 4.69) is 20.4 Å². The van der Waals surface area contributed by atoms with Crippen molar-refractivity contribution >= 4 is 17.5 Å². The van der Waals surface area contributed by atoms with E-state index in [0.29, 0.717) is 35.1 Å². The number of hydrogen-bond acceptors (Lipinski definition) is 5. The fourth-order valence-electron chi connectivity index (χ4n) is 3.59. The molecule has 0 unspecified atom stereocenters. The molecule has 0 radical (unpaired) electrons. The molecule has 10 heteroatoms. The minimum atomic E-state index is -4.50. The van der Waals surface area contributed by atoms with Crippen LogP contribution in [-0.2, 0) is 12.6 Å². The summed E-state index contributed by atoms with van der Waals surface area (Å²) in [5.41, 5.74) is 2.08. The third kappa shape index (κ3) is 5.01. The van der Waals surface area contributed by atoms with Crippen LogP contribution in [0.15, 0.2) is 54.7 Å². The first-order valence-corrected chi connectivity index (χ1v) is 10.8. The zero-order valence-electron chi connectivity index (χ0n) is 19.2. The number of aryl methyl sites for hydroxylation is 3. The molecule has 4 rings (SSSR count). The van der Waals surface area contributed by atoms with Crippen molar-refractivity contribution in [1.82, 2.24) is 19.7 Å². The summed E-state index contributed by atoms with van der Waals surface area (Å²) >= 11 is 0. The van der Waals surface area contributed by atoms with Crippen LogP contribution < -0.4 is 5.32 Å². The number of rotatable bonds is 6. The number of alkyl halides is 3. The van der Waals surface area contributed by atoms with Crippen LogP contribution in [0.1, 0.15) is 39.8 Å². The number of halogens is 3. The van der Waals surface area contributed by atoms with Crippen molar-refractivity contribution in [3.63, 3.8) is 0 Å². The van der Waals surface area contributed by atoms with Gasteiger partial charge in [0, 0.05) is 17.8 Å². The number of aromatic nitrogens is 4. The van der Waals surface area contributed by atoms with E-state index in [1.165, 1.54) is 16.8 Å². The third-order valence-corrected chi connectivity index (χ3v) is 5.43. The highest BCUT2D eigenvalue weighted by Gasteiger charge is 2.30. The Bertz CT molecular complexity index is 1410. The molecule has 0 amide bonds. The van der Waals surface area contributed by atoms with Crippen LogP contribution in [0.5, 0.6) is 0 Å². The maximum absolute atomic E-state index is 13.3. The maximum atomic E-state index is 13.3. The molecular formula is C25H22F3N5O2. The fraction of sp³-hybridized carbons (Fsp3) is 0.200. The predicted octanol–water partition coefficient (Wildman–Crippen LogP) is 5.97. The van der Waals surface area contributed by atoms with E-state index in [4.69, 9.17) is 0 Å². The smallest absolute Gasteiger partial charge is 0.416 e. The van der Waals surface area contributed by atoms with Gasteiger partial charge in [-0.3, -0.25) is 4.98 Å². The van der Waals surface area contributed by atoms with Crippen molar-refractivity contribution in [2.75, 3.05) is 5.32 Å². The Morgan fingerprint density at radius 3 is 2.57 bits per heavy atom. The molecule has 7 nitrogen and oxygen atoms in total. The van der Waals surface area contributed by atoms with Crippen LogP contribution in [0.4, 0.5) is 24.7 Å². The van der Waals surface area contributed by atoms with E-state index in [1.807, 2.05) is 6.92 Å². The Morgan fingerprint density at radius 1 is 1.11 bits per heavy atom. The van der Waals surface area contributed by atoms with E-state index in [0.717, 1.165) is 17.7 Å². The van der Waals surface area contributed by atoms with Crippen molar-refractivity contribution in [2.24, 2.45) is 0 Å². The lowest BCUT2D eigenvalue weighted by Gasteiger charge is -2.13. The van der Waals surface area contributed by atoms with Crippen LogP contribution in [-0.4, -0.2) is 30.8 Å². The molecule has 0 saturated carbocycles. The number of carboxylic acid groups (broad SMARTS) is 1. The zero-order valence-corrected chi connectivity index (χ0v) is 19.2. The molecule has 2 N–H and O–H groups in total. The zero-order chi connectivity index (χ0) is 25.3. The Kier molecular flexibility index (Phi) is 6.29. The molecule has 2 heterocycles. The van der Waals surface area contributed by atoms with Crippen LogP contribution in [0, 0.1) is 13.8 Å². The number of carbonyl (C=O) groups is 1. The van der Waals surface area contributed by atoms with Crippen LogP contribution >= 0.6 is 0 Å². The Balaban J connectivity index is 1.88. The standard InChI is InChI=1S/C25H22F3N5O2/c1-4-16-8-9-20(19(10-16)24(34)35)31-22-12-21(17-6-5-7-18(11-17)25(26,27)28)32-33(22)23-15(3)29-13-14(2)30-23/h5-13,31H,4H2,1-3H3,(H,34,35). The van der Waals surface area contributed by atoms with E-state index in [-0.39, 0.29) is 16.8 Å². The molecular weight excluding hydrogens is 459 g/mol. The van der Waals surface area contributed by atoms with Crippen LogP contribution in [0.2, 0.25) is 0 Å². The van der Waals surface area contributed by atoms with Gasteiger partial charge in [0.2, 0.25) is 0 Å². The molecule has 0 fully saturated rings. The fourth-order valence-corrected chi connectivity index (χ4v) is 3.59. The van der Waals surface area contributed by atoms with Gasteiger partial charge in [-0.15, -0.1) is 0 Å². The second-order valence-corrected chi connectivity index (χ2v) is 7.99. The molecule has 0 aliphatic heterocycles. The summed E-state index contributed by atoms with van der Waals surface area (Å²) in [6.45, 7) is 5.41. The quantitative estimate of drug-likeness (QED) is 0.353. The number of carboxylic acids is 1. The van der Waals surface area contributed by atoms with Gasteiger partial charge in [-0.25, -0.2) is 9.78 Å².